The molecule has 0 aliphatic heterocycles. The second-order valence-corrected chi connectivity index (χ2v) is 6.93. The molecule has 0 saturated carbocycles. The van der Waals surface area contributed by atoms with E-state index in [2.05, 4.69) is 5.32 Å². The van der Waals surface area contributed by atoms with Crippen molar-refractivity contribution in [2.45, 2.75) is 33.1 Å². The molecule has 3 aromatic rings. The van der Waals surface area contributed by atoms with Crippen molar-refractivity contribution in [1.29, 1.82) is 0 Å². The first-order chi connectivity index (χ1) is 15.1. The molecule has 1 N–H and O–H groups in total. The second-order valence-electron chi connectivity index (χ2n) is 6.93. The van der Waals surface area contributed by atoms with Crippen molar-refractivity contribution in [2.24, 2.45) is 0 Å². The van der Waals surface area contributed by atoms with Crippen LogP contribution in [-0.2, 0) is 17.6 Å². The molecule has 0 saturated heterocycles. The largest absolute Gasteiger partial charge is 0.497 e. The number of aromatic nitrogens is 2. The standard InChI is InChI=1S/C24H29N3O4/c1-5-22-21(14-15-23(28)25-6-2)24(31-20-9-7-8-19(16-20)30-4)27(26-22)17-10-12-18(29-3)13-11-17/h7-13,16H,5-6,14-15H2,1-4H3,(H,25,28). The molecular formula is C24H29N3O4. The number of nitrogens with one attached hydrogen (secondary N) is 1. The van der Waals surface area contributed by atoms with E-state index in [0.717, 1.165) is 29.1 Å². The first-order valence-electron chi connectivity index (χ1n) is 10.4. The Morgan fingerprint density at radius 2 is 1.71 bits per heavy atom. The minimum atomic E-state index is 0.00841. The van der Waals surface area contributed by atoms with Crippen LogP contribution in [0.25, 0.3) is 5.69 Å². The molecule has 1 amide bonds. The number of carbonyl (C=O) groups is 1. The molecule has 2 aromatic carbocycles. The van der Waals surface area contributed by atoms with Crippen molar-refractivity contribution in [3.63, 3.8) is 0 Å². The number of benzene rings is 2. The molecule has 0 fully saturated rings. The molecule has 1 heterocycles. The Labute approximate surface area is 182 Å². The molecule has 0 aliphatic rings. The van der Waals surface area contributed by atoms with Crippen LogP contribution >= 0.6 is 0 Å². The maximum Gasteiger partial charge on any atom is 0.226 e. The minimum Gasteiger partial charge on any atom is -0.497 e. The molecular weight excluding hydrogens is 394 g/mol. The van der Waals surface area contributed by atoms with Crippen molar-refractivity contribution in [2.75, 3.05) is 20.8 Å². The number of amides is 1. The number of hydrogen-bond donors (Lipinski definition) is 1. The van der Waals surface area contributed by atoms with Gasteiger partial charge in [0.05, 0.1) is 25.6 Å². The highest BCUT2D eigenvalue weighted by molar-refractivity contribution is 5.76. The summed E-state index contributed by atoms with van der Waals surface area (Å²) in [7, 11) is 3.25. The second kappa shape index (κ2) is 10.5. The number of carbonyl (C=O) groups excluding carboxylic acids is 1. The van der Waals surface area contributed by atoms with Gasteiger partial charge in [-0.1, -0.05) is 13.0 Å². The van der Waals surface area contributed by atoms with E-state index in [-0.39, 0.29) is 5.91 Å². The van der Waals surface area contributed by atoms with Crippen molar-refractivity contribution in [3.8, 4) is 28.8 Å². The van der Waals surface area contributed by atoms with Crippen LogP contribution in [0, 0.1) is 0 Å². The zero-order valence-corrected chi connectivity index (χ0v) is 18.5. The minimum absolute atomic E-state index is 0.00841. The van der Waals surface area contributed by atoms with Crippen LogP contribution in [-0.4, -0.2) is 36.5 Å². The lowest BCUT2D eigenvalue weighted by atomic mass is 10.1. The Balaban J connectivity index is 2.04. The third kappa shape index (κ3) is 5.36. The molecule has 7 nitrogen and oxygen atoms in total. The van der Waals surface area contributed by atoms with E-state index in [4.69, 9.17) is 19.3 Å². The van der Waals surface area contributed by atoms with Gasteiger partial charge >= 0.3 is 0 Å². The van der Waals surface area contributed by atoms with Gasteiger partial charge in [-0.2, -0.15) is 5.10 Å². The van der Waals surface area contributed by atoms with E-state index in [1.807, 2.05) is 62.4 Å². The molecule has 3 rings (SSSR count). The predicted molar refractivity (Wildman–Crippen MR) is 120 cm³/mol. The first kappa shape index (κ1) is 22.2. The smallest absolute Gasteiger partial charge is 0.226 e. The average molecular weight is 424 g/mol. The van der Waals surface area contributed by atoms with Gasteiger partial charge in [0.1, 0.15) is 17.2 Å². The normalized spacial score (nSPS) is 10.6. The number of hydrogen-bond acceptors (Lipinski definition) is 5. The summed E-state index contributed by atoms with van der Waals surface area (Å²) in [6, 6.07) is 15.0. The Hall–Kier alpha value is -3.48. The van der Waals surface area contributed by atoms with Gasteiger partial charge in [-0.3, -0.25) is 4.79 Å². The highest BCUT2D eigenvalue weighted by Crippen LogP contribution is 2.33. The summed E-state index contributed by atoms with van der Waals surface area (Å²) in [6.45, 7) is 4.57. The molecule has 0 atom stereocenters. The van der Waals surface area contributed by atoms with Crippen molar-refractivity contribution in [3.05, 3.63) is 59.8 Å². The first-order valence-corrected chi connectivity index (χ1v) is 10.4. The van der Waals surface area contributed by atoms with Gasteiger partial charge in [0, 0.05) is 24.6 Å². The molecule has 0 aliphatic carbocycles. The maximum atomic E-state index is 12.1. The maximum absolute atomic E-state index is 12.1. The fourth-order valence-electron chi connectivity index (χ4n) is 3.32. The molecule has 31 heavy (non-hydrogen) atoms. The topological polar surface area (TPSA) is 74.6 Å². The summed E-state index contributed by atoms with van der Waals surface area (Å²) in [5, 5.41) is 7.66. The summed E-state index contributed by atoms with van der Waals surface area (Å²) >= 11 is 0. The SMILES string of the molecule is CCNC(=O)CCc1c(CC)nn(-c2ccc(OC)cc2)c1Oc1cccc(OC)c1. The summed E-state index contributed by atoms with van der Waals surface area (Å²) in [6.07, 6.45) is 1.62. The average Bonchev–Trinajstić information content (AvgIpc) is 3.15. The quantitative estimate of drug-likeness (QED) is 0.526. The van der Waals surface area contributed by atoms with Crippen LogP contribution in [0.1, 0.15) is 31.5 Å². The highest BCUT2D eigenvalue weighted by atomic mass is 16.5. The fraction of sp³-hybridized carbons (Fsp3) is 0.333. The Morgan fingerprint density at radius 3 is 2.35 bits per heavy atom. The fourth-order valence-corrected chi connectivity index (χ4v) is 3.32. The molecule has 1 aromatic heterocycles. The van der Waals surface area contributed by atoms with Crippen LogP contribution in [0.5, 0.6) is 23.1 Å². The summed E-state index contributed by atoms with van der Waals surface area (Å²) in [5.74, 6) is 2.70. The van der Waals surface area contributed by atoms with Crippen LogP contribution in [0.4, 0.5) is 0 Å². The van der Waals surface area contributed by atoms with E-state index in [0.29, 0.717) is 36.8 Å². The van der Waals surface area contributed by atoms with E-state index < -0.39 is 0 Å². The van der Waals surface area contributed by atoms with Gasteiger partial charge in [0.2, 0.25) is 11.8 Å². The van der Waals surface area contributed by atoms with Crippen LogP contribution < -0.4 is 19.5 Å². The van der Waals surface area contributed by atoms with Gasteiger partial charge in [0.15, 0.2) is 0 Å². The number of methoxy groups -OCH3 is 2. The van der Waals surface area contributed by atoms with Crippen molar-refractivity contribution >= 4 is 5.91 Å². The number of ether oxygens (including phenoxy) is 3. The van der Waals surface area contributed by atoms with Gasteiger partial charge in [-0.05, 0) is 56.2 Å². The molecule has 0 spiro atoms. The molecule has 7 heteroatoms. The summed E-state index contributed by atoms with van der Waals surface area (Å²) in [5.41, 5.74) is 2.67. The lowest BCUT2D eigenvalue weighted by molar-refractivity contribution is -0.120. The lowest BCUT2D eigenvalue weighted by Gasteiger charge is -2.12. The van der Waals surface area contributed by atoms with Crippen molar-refractivity contribution in [1.82, 2.24) is 15.1 Å². The highest BCUT2D eigenvalue weighted by Gasteiger charge is 2.21. The van der Waals surface area contributed by atoms with E-state index in [9.17, 15) is 4.79 Å². The van der Waals surface area contributed by atoms with E-state index in [1.54, 1.807) is 18.9 Å². The Kier molecular flexibility index (Phi) is 7.54. The van der Waals surface area contributed by atoms with Crippen LogP contribution in [0.3, 0.4) is 0 Å². The predicted octanol–water partition coefficient (Wildman–Crippen LogP) is 4.31. The number of nitrogens with zero attached hydrogens (tertiary/aromatic N) is 2. The van der Waals surface area contributed by atoms with Crippen LogP contribution in [0.2, 0.25) is 0 Å². The molecule has 0 bridgehead atoms. The van der Waals surface area contributed by atoms with Crippen LogP contribution in [0.15, 0.2) is 48.5 Å². The third-order valence-electron chi connectivity index (χ3n) is 4.90. The zero-order valence-electron chi connectivity index (χ0n) is 18.5. The monoisotopic (exact) mass is 423 g/mol. The van der Waals surface area contributed by atoms with E-state index >= 15 is 0 Å². The molecule has 0 radical (unpaired) electrons. The third-order valence-corrected chi connectivity index (χ3v) is 4.90. The summed E-state index contributed by atoms with van der Waals surface area (Å²) < 4.78 is 18.7. The molecule has 164 valence electrons. The molecule has 0 unspecified atom stereocenters. The Bertz CT molecular complexity index is 1010. The number of aryl methyl sites for hydroxylation is 1. The summed E-state index contributed by atoms with van der Waals surface area (Å²) in [4.78, 5) is 12.1. The number of rotatable bonds is 10. The van der Waals surface area contributed by atoms with Gasteiger partial charge in [0.25, 0.3) is 0 Å². The van der Waals surface area contributed by atoms with Gasteiger partial charge < -0.3 is 19.5 Å². The van der Waals surface area contributed by atoms with Gasteiger partial charge in [-0.25, -0.2) is 4.68 Å². The lowest BCUT2D eigenvalue weighted by Crippen LogP contribution is -2.22. The zero-order chi connectivity index (χ0) is 22.2. The van der Waals surface area contributed by atoms with E-state index in [1.165, 1.54) is 0 Å². The van der Waals surface area contributed by atoms with Gasteiger partial charge in [-0.15, -0.1) is 0 Å². The van der Waals surface area contributed by atoms with Crippen molar-refractivity contribution < 1.29 is 19.0 Å². The Morgan fingerprint density at radius 1 is 1.00 bits per heavy atom.